The lowest BCUT2D eigenvalue weighted by Crippen LogP contribution is -2.28. The van der Waals surface area contributed by atoms with Crippen molar-refractivity contribution in [1.29, 1.82) is 0 Å². The third kappa shape index (κ3) is 5.31. The summed E-state index contributed by atoms with van der Waals surface area (Å²) in [7, 11) is 0. The molecule has 0 aromatic carbocycles. The van der Waals surface area contributed by atoms with Gasteiger partial charge in [0.05, 0.1) is 6.61 Å². The second-order valence-corrected chi connectivity index (χ2v) is 4.81. The van der Waals surface area contributed by atoms with Gasteiger partial charge in [-0.3, -0.25) is 0 Å². The molecule has 1 heterocycles. The molecule has 0 radical (unpaired) electrons. The van der Waals surface area contributed by atoms with Crippen molar-refractivity contribution in [1.82, 2.24) is 10.3 Å². The van der Waals surface area contributed by atoms with E-state index in [1.165, 1.54) is 5.56 Å². The Kier molecular flexibility index (Phi) is 7.92. The summed E-state index contributed by atoms with van der Waals surface area (Å²) < 4.78 is 0. The molecular formula is C16H27N3O. The quantitative estimate of drug-likeness (QED) is 0.508. The molecule has 4 nitrogen and oxygen atoms in total. The van der Waals surface area contributed by atoms with Gasteiger partial charge in [0, 0.05) is 25.3 Å². The Labute approximate surface area is 122 Å². The molecule has 0 fully saturated rings. The molecule has 0 amide bonds. The highest BCUT2D eigenvalue weighted by molar-refractivity contribution is 5.43. The van der Waals surface area contributed by atoms with E-state index >= 15 is 0 Å². The van der Waals surface area contributed by atoms with Crippen LogP contribution < -0.4 is 10.2 Å². The lowest BCUT2D eigenvalue weighted by molar-refractivity contribution is 0.302. The molecule has 0 saturated heterocycles. The molecule has 0 atom stereocenters. The Hall–Kier alpha value is -1.39. The molecular weight excluding hydrogens is 250 g/mol. The van der Waals surface area contributed by atoms with E-state index in [1.807, 2.05) is 6.08 Å². The van der Waals surface area contributed by atoms with Crippen LogP contribution in [0.1, 0.15) is 31.5 Å². The molecule has 0 aliphatic carbocycles. The summed E-state index contributed by atoms with van der Waals surface area (Å²) in [6, 6.07) is 4.25. The van der Waals surface area contributed by atoms with Crippen molar-refractivity contribution >= 4 is 5.82 Å². The van der Waals surface area contributed by atoms with Gasteiger partial charge in [-0.2, -0.15) is 0 Å². The summed E-state index contributed by atoms with van der Waals surface area (Å²) in [5.74, 6) is 0.923. The Morgan fingerprint density at radius 1 is 1.40 bits per heavy atom. The Morgan fingerprint density at radius 3 is 2.80 bits per heavy atom. The van der Waals surface area contributed by atoms with Gasteiger partial charge in [0.2, 0.25) is 0 Å². The van der Waals surface area contributed by atoms with Gasteiger partial charge < -0.3 is 15.3 Å². The summed E-state index contributed by atoms with van der Waals surface area (Å²) >= 11 is 0. The van der Waals surface area contributed by atoms with Crippen LogP contribution >= 0.6 is 0 Å². The minimum atomic E-state index is 0.120. The second-order valence-electron chi connectivity index (χ2n) is 4.81. The Balaban J connectivity index is 2.91. The average Bonchev–Trinajstić information content (AvgIpc) is 2.47. The maximum Gasteiger partial charge on any atom is 0.129 e. The van der Waals surface area contributed by atoms with Gasteiger partial charge in [0.1, 0.15) is 5.82 Å². The maximum absolute atomic E-state index is 9.18. The van der Waals surface area contributed by atoms with E-state index in [4.69, 9.17) is 0 Å². The van der Waals surface area contributed by atoms with E-state index in [2.05, 4.69) is 47.8 Å². The van der Waals surface area contributed by atoms with Gasteiger partial charge in [-0.05, 0) is 37.1 Å². The minimum absolute atomic E-state index is 0.120. The third-order valence-electron chi connectivity index (χ3n) is 3.09. The van der Waals surface area contributed by atoms with Gasteiger partial charge in [-0.15, -0.1) is 6.58 Å². The molecule has 112 valence electrons. The van der Waals surface area contributed by atoms with Gasteiger partial charge in [0.15, 0.2) is 0 Å². The summed E-state index contributed by atoms with van der Waals surface area (Å²) in [5.41, 5.74) is 2.33. The topological polar surface area (TPSA) is 48.4 Å². The fourth-order valence-corrected chi connectivity index (χ4v) is 2.06. The molecule has 0 spiro atoms. The molecule has 20 heavy (non-hydrogen) atoms. The van der Waals surface area contributed by atoms with Crippen molar-refractivity contribution in [2.75, 3.05) is 31.1 Å². The number of anilines is 1. The van der Waals surface area contributed by atoms with Crippen molar-refractivity contribution in [2.45, 2.75) is 33.2 Å². The number of nitrogens with zero attached hydrogens (tertiary/aromatic N) is 2. The maximum atomic E-state index is 9.18. The lowest BCUT2D eigenvalue weighted by Gasteiger charge is -2.22. The molecule has 4 heteroatoms. The molecule has 0 aliphatic heterocycles. The van der Waals surface area contributed by atoms with Crippen LogP contribution in [0.4, 0.5) is 5.82 Å². The Bertz CT molecular complexity index is 407. The number of rotatable bonds is 10. The van der Waals surface area contributed by atoms with Gasteiger partial charge in [-0.25, -0.2) is 4.98 Å². The normalized spacial score (nSPS) is 10.6. The summed E-state index contributed by atoms with van der Waals surface area (Å²) in [4.78, 5) is 6.71. The number of aromatic nitrogens is 1. The van der Waals surface area contributed by atoms with E-state index in [0.717, 1.165) is 37.4 Å². The smallest absolute Gasteiger partial charge is 0.129 e. The molecule has 1 aromatic rings. The first-order valence-corrected chi connectivity index (χ1v) is 7.42. The highest BCUT2D eigenvalue weighted by atomic mass is 16.3. The van der Waals surface area contributed by atoms with Crippen molar-refractivity contribution < 1.29 is 5.11 Å². The van der Waals surface area contributed by atoms with Crippen LogP contribution in [0.5, 0.6) is 0 Å². The first kappa shape index (κ1) is 16.7. The fourth-order valence-electron chi connectivity index (χ4n) is 2.06. The van der Waals surface area contributed by atoms with Gasteiger partial charge >= 0.3 is 0 Å². The molecule has 2 N–H and O–H groups in total. The van der Waals surface area contributed by atoms with E-state index in [9.17, 15) is 5.11 Å². The molecule has 1 rings (SSSR count). The molecule has 0 saturated carbocycles. The van der Waals surface area contributed by atoms with E-state index in [0.29, 0.717) is 13.1 Å². The summed E-state index contributed by atoms with van der Waals surface area (Å²) in [6.45, 7) is 11.3. The standard InChI is InChI=1S/C16H27N3O/c1-4-7-17-13-14-11-15(6-3)18-16(12-14)19(8-5-2)9-10-20/h5,11-12,17,20H,2,4,6-10,13H2,1,3H3. The molecule has 1 aromatic heterocycles. The molecule has 0 unspecified atom stereocenters. The molecule has 0 bridgehead atoms. The fraction of sp³-hybridized carbons (Fsp3) is 0.562. The summed E-state index contributed by atoms with van der Waals surface area (Å²) in [5, 5.41) is 12.6. The van der Waals surface area contributed by atoms with Crippen LogP contribution in [-0.2, 0) is 13.0 Å². The van der Waals surface area contributed by atoms with Crippen molar-refractivity contribution in [3.63, 3.8) is 0 Å². The van der Waals surface area contributed by atoms with Crippen molar-refractivity contribution in [2.24, 2.45) is 0 Å². The third-order valence-corrected chi connectivity index (χ3v) is 3.09. The van der Waals surface area contributed by atoms with Crippen LogP contribution in [0.2, 0.25) is 0 Å². The lowest BCUT2D eigenvalue weighted by atomic mass is 10.2. The van der Waals surface area contributed by atoms with Crippen molar-refractivity contribution in [3.8, 4) is 0 Å². The zero-order chi connectivity index (χ0) is 14.8. The number of aryl methyl sites for hydroxylation is 1. The highest BCUT2D eigenvalue weighted by Gasteiger charge is 2.08. The minimum Gasteiger partial charge on any atom is -0.395 e. The zero-order valence-electron chi connectivity index (χ0n) is 12.7. The number of pyridine rings is 1. The number of hydrogen-bond acceptors (Lipinski definition) is 4. The Morgan fingerprint density at radius 2 is 2.20 bits per heavy atom. The van der Waals surface area contributed by atoms with Crippen LogP contribution in [0.25, 0.3) is 0 Å². The van der Waals surface area contributed by atoms with Gasteiger partial charge in [-0.1, -0.05) is 19.9 Å². The largest absolute Gasteiger partial charge is 0.395 e. The summed E-state index contributed by atoms with van der Waals surface area (Å²) in [6.07, 6.45) is 3.88. The van der Waals surface area contributed by atoms with Crippen LogP contribution in [-0.4, -0.2) is 36.3 Å². The first-order chi connectivity index (χ1) is 9.74. The molecule has 0 aliphatic rings. The number of nitrogens with one attached hydrogen (secondary N) is 1. The zero-order valence-corrected chi connectivity index (χ0v) is 12.7. The highest BCUT2D eigenvalue weighted by Crippen LogP contribution is 2.16. The van der Waals surface area contributed by atoms with Gasteiger partial charge in [0.25, 0.3) is 0 Å². The number of hydrogen-bond donors (Lipinski definition) is 2. The second kappa shape index (κ2) is 9.50. The number of aliphatic hydroxyl groups is 1. The van der Waals surface area contributed by atoms with Crippen molar-refractivity contribution in [3.05, 3.63) is 36.0 Å². The predicted octanol–water partition coefficient (Wildman–Crippen LogP) is 2.13. The first-order valence-electron chi connectivity index (χ1n) is 7.42. The number of aliphatic hydroxyl groups excluding tert-OH is 1. The monoisotopic (exact) mass is 277 g/mol. The van der Waals surface area contributed by atoms with E-state index in [-0.39, 0.29) is 6.61 Å². The van der Waals surface area contributed by atoms with E-state index < -0.39 is 0 Å². The average molecular weight is 277 g/mol. The van der Waals surface area contributed by atoms with Crippen LogP contribution in [0, 0.1) is 0 Å². The SMILES string of the molecule is C=CCN(CCO)c1cc(CNCCC)cc(CC)n1. The predicted molar refractivity (Wildman–Crippen MR) is 85.1 cm³/mol. The van der Waals surface area contributed by atoms with Crippen LogP contribution in [0.15, 0.2) is 24.8 Å². The van der Waals surface area contributed by atoms with E-state index in [1.54, 1.807) is 0 Å². The van der Waals surface area contributed by atoms with Crippen LogP contribution in [0.3, 0.4) is 0 Å².